The van der Waals surface area contributed by atoms with Crippen molar-refractivity contribution in [2.24, 2.45) is 11.3 Å². The summed E-state index contributed by atoms with van der Waals surface area (Å²) in [7, 11) is 1.65. The summed E-state index contributed by atoms with van der Waals surface area (Å²) < 4.78 is 0. The molecule has 6 nitrogen and oxygen atoms in total. The van der Waals surface area contributed by atoms with Crippen molar-refractivity contribution in [3.05, 3.63) is 34.9 Å². The lowest BCUT2D eigenvalue weighted by Gasteiger charge is -2.42. The van der Waals surface area contributed by atoms with E-state index in [9.17, 15) is 14.4 Å². The van der Waals surface area contributed by atoms with Gasteiger partial charge < -0.3 is 10.2 Å². The highest BCUT2D eigenvalue weighted by molar-refractivity contribution is 6.31. The molecule has 7 heteroatoms. The largest absolute Gasteiger partial charge is 0.340 e. The zero-order valence-corrected chi connectivity index (χ0v) is 19.1. The summed E-state index contributed by atoms with van der Waals surface area (Å²) in [6, 6.07) is 6.85. The smallest absolute Gasteiger partial charge is 0.325 e. The highest BCUT2D eigenvalue weighted by Gasteiger charge is 2.53. The molecule has 0 radical (unpaired) electrons. The van der Waals surface area contributed by atoms with Crippen LogP contribution < -0.4 is 5.32 Å². The Morgan fingerprint density at radius 3 is 2.50 bits per heavy atom. The number of hydrogen-bond donors (Lipinski definition) is 1. The molecule has 1 aliphatic heterocycles. The molecule has 0 bridgehead atoms. The minimum atomic E-state index is -0.848. The van der Waals surface area contributed by atoms with Crippen molar-refractivity contribution in [2.45, 2.75) is 65.0 Å². The molecular weight excluding hydrogens is 402 g/mol. The van der Waals surface area contributed by atoms with Crippen molar-refractivity contribution < 1.29 is 14.4 Å². The highest BCUT2D eigenvalue weighted by atomic mass is 35.5. The van der Waals surface area contributed by atoms with Gasteiger partial charge >= 0.3 is 6.03 Å². The van der Waals surface area contributed by atoms with Gasteiger partial charge in [-0.2, -0.15) is 0 Å². The molecular formula is C23H32ClN3O3. The van der Waals surface area contributed by atoms with Gasteiger partial charge in [0.15, 0.2) is 0 Å². The van der Waals surface area contributed by atoms with Crippen LogP contribution in [0.3, 0.4) is 0 Å². The maximum Gasteiger partial charge on any atom is 0.325 e. The number of benzene rings is 1. The minimum Gasteiger partial charge on any atom is -0.340 e. The number of nitrogens with zero attached hydrogens (tertiary/aromatic N) is 2. The number of nitrogens with one attached hydrogen (secondary N) is 1. The lowest BCUT2D eigenvalue weighted by molar-refractivity contribution is -0.139. The van der Waals surface area contributed by atoms with Crippen molar-refractivity contribution >= 4 is 29.4 Å². The summed E-state index contributed by atoms with van der Waals surface area (Å²) in [5, 5.41) is 3.49. The Morgan fingerprint density at radius 2 is 1.90 bits per heavy atom. The van der Waals surface area contributed by atoms with Crippen LogP contribution in [0.2, 0.25) is 5.02 Å². The molecule has 164 valence electrons. The number of rotatable bonds is 6. The van der Waals surface area contributed by atoms with Crippen molar-refractivity contribution in [1.82, 2.24) is 15.1 Å². The summed E-state index contributed by atoms with van der Waals surface area (Å²) in [5.74, 6) is -0.0220. The minimum absolute atomic E-state index is 0.227. The van der Waals surface area contributed by atoms with Crippen LogP contribution >= 0.6 is 11.6 Å². The molecule has 0 unspecified atom stereocenters. The molecule has 0 atom stereocenters. The Balaban J connectivity index is 1.63. The fourth-order valence-corrected chi connectivity index (χ4v) is 4.76. The Labute approximate surface area is 183 Å². The van der Waals surface area contributed by atoms with E-state index in [0.29, 0.717) is 30.3 Å². The van der Waals surface area contributed by atoms with Crippen LogP contribution in [0.15, 0.2) is 24.3 Å². The van der Waals surface area contributed by atoms with Crippen molar-refractivity contribution in [3.8, 4) is 0 Å². The van der Waals surface area contributed by atoms with Gasteiger partial charge in [-0.15, -0.1) is 0 Å². The molecule has 1 spiro atoms. The second-order valence-electron chi connectivity index (χ2n) is 9.36. The maximum absolute atomic E-state index is 13.1. The van der Waals surface area contributed by atoms with Gasteiger partial charge in [0, 0.05) is 18.6 Å². The van der Waals surface area contributed by atoms with Gasteiger partial charge in [-0.05, 0) is 48.6 Å². The second kappa shape index (κ2) is 8.58. The van der Waals surface area contributed by atoms with Crippen molar-refractivity contribution in [3.63, 3.8) is 0 Å². The molecule has 3 rings (SSSR count). The van der Waals surface area contributed by atoms with Gasteiger partial charge in [0.1, 0.15) is 12.1 Å². The number of likely N-dealkylation sites (N-methyl/N-ethyl adjacent to an activating group) is 1. The van der Waals surface area contributed by atoms with Gasteiger partial charge in [0.25, 0.3) is 5.91 Å². The van der Waals surface area contributed by atoms with Crippen molar-refractivity contribution in [2.75, 3.05) is 13.6 Å². The van der Waals surface area contributed by atoms with E-state index in [-0.39, 0.29) is 23.8 Å². The van der Waals surface area contributed by atoms with E-state index in [1.807, 2.05) is 18.2 Å². The van der Waals surface area contributed by atoms with Crippen LogP contribution in [0.25, 0.3) is 0 Å². The van der Waals surface area contributed by atoms with Crippen LogP contribution in [-0.4, -0.2) is 46.8 Å². The van der Waals surface area contributed by atoms with Crippen molar-refractivity contribution in [1.29, 1.82) is 0 Å². The predicted octanol–water partition coefficient (Wildman–Crippen LogP) is 4.22. The Morgan fingerprint density at radius 1 is 1.27 bits per heavy atom. The normalized spacial score (nSPS) is 24.3. The summed E-state index contributed by atoms with van der Waals surface area (Å²) in [6.07, 6.45) is 4.16. The molecule has 2 fully saturated rings. The van der Waals surface area contributed by atoms with Gasteiger partial charge in [-0.1, -0.05) is 57.0 Å². The number of carbonyl (C=O) groups is 3. The zero-order valence-electron chi connectivity index (χ0n) is 18.3. The molecule has 1 N–H and O–H groups in total. The average Bonchev–Trinajstić information content (AvgIpc) is 2.94. The first kappa shape index (κ1) is 22.6. The molecule has 0 aromatic heterocycles. The average molecular weight is 434 g/mol. The predicted molar refractivity (Wildman–Crippen MR) is 117 cm³/mol. The Bertz CT molecular complexity index is 831. The molecule has 30 heavy (non-hydrogen) atoms. The number of imide groups is 1. The monoisotopic (exact) mass is 433 g/mol. The van der Waals surface area contributed by atoms with E-state index in [0.717, 1.165) is 29.7 Å². The molecule has 1 saturated heterocycles. The Hall–Kier alpha value is -2.08. The highest BCUT2D eigenvalue weighted by Crippen LogP contribution is 2.45. The topological polar surface area (TPSA) is 69.7 Å². The van der Waals surface area contributed by atoms with Crippen LogP contribution in [0.5, 0.6) is 0 Å². The third-order valence-electron chi connectivity index (χ3n) is 7.19. The fraction of sp³-hybridized carbons (Fsp3) is 0.609. The van der Waals surface area contributed by atoms with Crippen LogP contribution in [0, 0.1) is 11.3 Å². The summed E-state index contributed by atoms with van der Waals surface area (Å²) in [4.78, 5) is 41.0. The number of amides is 4. The van der Waals surface area contributed by atoms with E-state index in [4.69, 9.17) is 11.6 Å². The van der Waals surface area contributed by atoms with Gasteiger partial charge in [-0.3, -0.25) is 14.5 Å². The molecule has 2 aliphatic rings. The Kier molecular flexibility index (Phi) is 6.46. The van der Waals surface area contributed by atoms with E-state index in [2.05, 4.69) is 26.1 Å². The number of carbonyl (C=O) groups excluding carboxylic acids is 3. The zero-order chi connectivity index (χ0) is 22.1. The lowest BCUT2D eigenvalue weighted by Crippen LogP contribution is -2.51. The number of hydrogen-bond acceptors (Lipinski definition) is 3. The molecule has 1 aromatic rings. The first-order valence-corrected chi connectivity index (χ1v) is 11.1. The molecule has 4 amide bonds. The van der Waals surface area contributed by atoms with Crippen LogP contribution in [0.4, 0.5) is 4.79 Å². The SMILES string of the molecule is CCC(C)(C)C1CCC2(CC1)NC(=O)N(CC(=O)N(C)Cc1ccccc1Cl)C2=O. The summed E-state index contributed by atoms with van der Waals surface area (Å²) in [5.41, 5.74) is 0.198. The fourth-order valence-electron chi connectivity index (χ4n) is 4.57. The molecule has 1 saturated carbocycles. The third-order valence-corrected chi connectivity index (χ3v) is 7.55. The van der Waals surface area contributed by atoms with Crippen LogP contribution in [-0.2, 0) is 16.1 Å². The number of halogens is 1. The van der Waals surface area contributed by atoms with Gasteiger partial charge in [0.05, 0.1) is 0 Å². The molecule has 1 heterocycles. The van der Waals surface area contributed by atoms with Gasteiger partial charge in [-0.25, -0.2) is 4.79 Å². The molecule has 1 aromatic carbocycles. The van der Waals surface area contributed by atoms with E-state index in [1.54, 1.807) is 13.1 Å². The van der Waals surface area contributed by atoms with E-state index in [1.165, 1.54) is 4.90 Å². The molecule has 1 aliphatic carbocycles. The maximum atomic E-state index is 13.1. The number of urea groups is 1. The second-order valence-corrected chi connectivity index (χ2v) is 9.77. The first-order chi connectivity index (χ1) is 14.1. The third kappa shape index (κ3) is 4.34. The summed E-state index contributed by atoms with van der Waals surface area (Å²) in [6.45, 7) is 6.80. The quantitative estimate of drug-likeness (QED) is 0.683. The van der Waals surface area contributed by atoms with Gasteiger partial charge in [0.2, 0.25) is 5.91 Å². The van der Waals surface area contributed by atoms with E-state index < -0.39 is 11.6 Å². The standard InChI is InChI=1S/C23H32ClN3O3/c1-5-22(2,3)17-10-12-23(13-11-17)20(29)27(21(30)25-23)15-19(28)26(4)14-16-8-6-7-9-18(16)24/h6-9,17H,5,10-15H2,1-4H3,(H,25,30). The lowest BCUT2D eigenvalue weighted by atomic mass is 9.65. The summed E-state index contributed by atoms with van der Waals surface area (Å²) >= 11 is 6.17. The van der Waals surface area contributed by atoms with Crippen LogP contribution in [0.1, 0.15) is 58.4 Å². The first-order valence-electron chi connectivity index (χ1n) is 10.7. The van der Waals surface area contributed by atoms with E-state index >= 15 is 0 Å².